The number of halogens is 3. The summed E-state index contributed by atoms with van der Waals surface area (Å²) in [7, 11) is 1.17. The largest absolute Gasteiger partial charge is 0.480 e. The molecular weight excluding hydrogens is 297 g/mol. The van der Waals surface area contributed by atoms with Gasteiger partial charge in [0, 0.05) is 13.1 Å². The molecule has 0 saturated carbocycles. The van der Waals surface area contributed by atoms with Gasteiger partial charge in [0.05, 0.1) is 13.0 Å². The van der Waals surface area contributed by atoms with Gasteiger partial charge in [-0.05, 0) is 6.42 Å². The second-order valence-corrected chi connectivity index (χ2v) is 4.60. The first-order chi connectivity index (χ1) is 9.64. The Bertz CT molecular complexity index is 427. The van der Waals surface area contributed by atoms with Gasteiger partial charge in [0.2, 0.25) is 0 Å². The molecule has 0 aromatic heterocycles. The zero-order chi connectivity index (χ0) is 16.2. The molecule has 0 aromatic rings. The van der Waals surface area contributed by atoms with E-state index in [-0.39, 0.29) is 24.4 Å². The summed E-state index contributed by atoms with van der Waals surface area (Å²) in [6, 6.07) is -1.05. The van der Waals surface area contributed by atoms with Crippen LogP contribution in [0.15, 0.2) is 0 Å². The second-order valence-electron chi connectivity index (χ2n) is 4.60. The second kappa shape index (κ2) is 6.64. The first-order valence-electron chi connectivity index (χ1n) is 6.04. The van der Waals surface area contributed by atoms with E-state index in [2.05, 4.69) is 4.74 Å². The summed E-state index contributed by atoms with van der Waals surface area (Å²) in [5.41, 5.74) is 0. The Kier molecular flexibility index (Phi) is 5.39. The van der Waals surface area contributed by atoms with Crippen molar-refractivity contribution >= 4 is 18.0 Å². The molecule has 21 heavy (non-hydrogen) atoms. The Morgan fingerprint density at radius 3 is 2.48 bits per heavy atom. The molecule has 1 aliphatic heterocycles. The lowest BCUT2D eigenvalue weighted by Gasteiger charge is -2.27. The lowest BCUT2D eigenvalue weighted by molar-refractivity contribution is -0.150. The van der Waals surface area contributed by atoms with E-state index in [1.54, 1.807) is 0 Å². The lowest BCUT2D eigenvalue weighted by Crippen LogP contribution is -2.48. The first kappa shape index (κ1) is 17.1. The number of hydrogen-bond acceptors (Lipinski definition) is 4. The van der Waals surface area contributed by atoms with Crippen molar-refractivity contribution in [2.75, 3.05) is 33.3 Å². The fourth-order valence-corrected chi connectivity index (χ4v) is 2.06. The summed E-state index contributed by atoms with van der Waals surface area (Å²) in [5, 5.41) is 8.60. The van der Waals surface area contributed by atoms with Gasteiger partial charge in [0.1, 0.15) is 13.1 Å². The number of hydrogen-bond donors (Lipinski definition) is 1. The van der Waals surface area contributed by atoms with Crippen molar-refractivity contribution in [2.24, 2.45) is 5.92 Å². The molecule has 1 rings (SSSR count). The van der Waals surface area contributed by atoms with Crippen LogP contribution in [-0.4, -0.2) is 72.3 Å². The zero-order valence-electron chi connectivity index (χ0n) is 11.2. The fraction of sp³-hybridized carbons (Fsp3) is 0.727. The van der Waals surface area contributed by atoms with Gasteiger partial charge >= 0.3 is 24.1 Å². The van der Waals surface area contributed by atoms with Crippen molar-refractivity contribution < 1.29 is 37.4 Å². The molecule has 1 unspecified atom stereocenters. The number of amides is 2. The molecule has 1 saturated heterocycles. The van der Waals surface area contributed by atoms with Crippen LogP contribution in [0.2, 0.25) is 0 Å². The van der Waals surface area contributed by atoms with Crippen LogP contribution in [0.4, 0.5) is 18.0 Å². The highest BCUT2D eigenvalue weighted by molar-refractivity contribution is 5.81. The Labute approximate surface area is 118 Å². The number of rotatable bonds is 4. The molecule has 1 fully saturated rings. The van der Waals surface area contributed by atoms with Crippen LogP contribution < -0.4 is 0 Å². The third kappa shape index (κ3) is 5.12. The average Bonchev–Trinajstić information content (AvgIpc) is 2.83. The fourth-order valence-electron chi connectivity index (χ4n) is 2.06. The van der Waals surface area contributed by atoms with Crippen molar-refractivity contribution in [3.63, 3.8) is 0 Å². The summed E-state index contributed by atoms with van der Waals surface area (Å²) in [5.74, 6) is -2.70. The van der Waals surface area contributed by atoms with Crippen LogP contribution in [0.25, 0.3) is 0 Å². The molecular formula is C11H15F3N2O5. The van der Waals surface area contributed by atoms with E-state index in [0.29, 0.717) is 0 Å². The molecule has 0 aromatic carbocycles. The number of esters is 1. The highest BCUT2D eigenvalue weighted by Crippen LogP contribution is 2.21. The van der Waals surface area contributed by atoms with Crippen LogP contribution in [0.1, 0.15) is 6.42 Å². The Hall–Kier alpha value is -2.00. The number of alkyl halides is 3. The Morgan fingerprint density at radius 1 is 1.38 bits per heavy atom. The van der Waals surface area contributed by atoms with Crippen molar-refractivity contribution in [3.8, 4) is 0 Å². The SMILES string of the molecule is COC(=O)C1CCN(C(=O)N(CC(=O)O)CC(F)(F)F)C1. The van der Waals surface area contributed by atoms with Crippen molar-refractivity contribution in [1.29, 1.82) is 0 Å². The number of methoxy groups -OCH3 is 1. The third-order valence-electron chi connectivity index (χ3n) is 2.96. The molecule has 1 heterocycles. The molecule has 0 radical (unpaired) electrons. The minimum Gasteiger partial charge on any atom is -0.480 e. The number of carboxylic acids is 1. The molecule has 120 valence electrons. The molecule has 7 nitrogen and oxygen atoms in total. The average molecular weight is 312 g/mol. The molecule has 0 bridgehead atoms. The molecule has 0 spiro atoms. The standard InChI is InChI=1S/C11H15F3N2O5/c1-21-9(19)7-2-3-15(4-7)10(20)16(5-8(17)18)6-11(12,13)14/h7H,2-6H2,1H3,(H,17,18). The first-order valence-corrected chi connectivity index (χ1v) is 6.04. The number of likely N-dealkylation sites (tertiary alicyclic amines) is 1. The van der Waals surface area contributed by atoms with Crippen molar-refractivity contribution in [1.82, 2.24) is 9.80 Å². The molecule has 0 aliphatic carbocycles. The van der Waals surface area contributed by atoms with E-state index in [1.807, 2.05) is 0 Å². The highest BCUT2D eigenvalue weighted by Gasteiger charge is 2.38. The lowest BCUT2D eigenvalue weighted by atomic mass is 10.1. The van der Waals surface area contributed by atoms with Crippen molar-refractivity contribution in [3.05, 3.63) is 0 Å². The maximum absolute atomic E-state index is 12.4. The quantitative estimate of drug-likeness (QED) is 0.766. The topological polar surface area (TPSA) is 87.2 Å². The Morgan fingerprint density at radius 2 is 2.00 bits per heavy atom. The molecule has 1 atom stereocenters. The van der Waals surface area contributed by atoms with Gasteiger partial charge in [0.15, 0.2) is 0 Å². The predicted molar refractivity (Wildman–Crippen MR) is 62.4 cm³/mol. The smallest absolute Gasteiger partial charge is 0.406 e. The number of carboxylic acid groups (broad SMARTS) is 1. The van der Waals surface area contributed by atoms with Gasteiger partial charge in [-0.3, -0.25) is 9.59 Å². The minimum atomic E-state index is -4.70. The maximum Gasteiger partial charge on any atom is 0.406 e. The van der Waals surface area contributed by atoms with E-state index < -0.39 is 43.2 Å². The summed E-state index contributed by atoms with van der Waals surface area (Å²) in [6.07, 6.45) is -4.43. The van der Waals surface area contributed by atoms with Crippen LogP contribution in [0.3, 0.4) is 0 Å². The van der Waals surface area contributed by atoms with E-state index in [0.717, 1.165) is 4.90 Å². The number of carbonyl (C=O) groups excluding carboxylic acids is 2. The highest BCUT2D eigenvalue weighted by atomic mass is 19.4. The van der Waals surface area contributed by atoms with E-state index in [9.17, 15) is 27.6 Å². The van der Waals surface area contributed by atoms with E-state index >= 15 is 0 Å². The normalized spacial score (nSPS) is 18.5. The number of aliphatic carboxylic acids is 1. The number of carbonyl (C=O) groups is 3. The number of nitrogens with zero attached hydrogens (tertiary/aromatic N) is 2. The maximum atomic E-state index is 12.4. The Balaban J connectivity index is 2.72. The van der Waals surface area contributed by atoms with Gasteiger partial charge in [-0.25, -0.2) is 4.79 Å². The van der Waals surface area contributed by atoms with Crippen LogP contribution >= 0.6 is 0 Å². The van der Waals surface area contributed by atoms with E-state index in [1.165, 1.54) is 7.11 Å². The van der Waals surface area contributed by atoms with Gasteiger partial charge in [0.25, 0.3) is 0 Å². The van der Waals surface area contributed by atoms with E-state index in [4.69, 9.17) is 5.11 Å². The molecule has 10 heteroatoms. The molecule has 1 N–H and O–H groups in total. The summed E-state index contributed by atoms with van der Waals surface area (Å²) < 4.78 is 41.7. The monoisotopic (exact) mass is 312 g/mol. The van der Waals surface area contributed by atoms with Crippen LogP contribution in [0.5, 0.6) is 0 Å². The minimum absolute atomic E-state index is 0.0760. The summed E-state index contributed by atoms with van der Waals surface area (Å²) in [4.78, 5) is 35.1. The number of ether oxygens (including phenoxy) is 1. The van der Waals surface area contributed by atoms with Gasteiger partial charge < -0.3 is 19.6 Å². The summed E-state index contributed by atoms with van der Waals surface area (Å²) >= 11 is 0. The zero-order valence-corrected chi connectivity index (χ0v) is 11.2. The molecule has 1 aliphatic rings. The third-order valence-corrected chi connectivity index (χ3v) is 2.96. The predicted octanol–water partition coefficient (Wildman–Crippen LogP) is 0.550. The van der Waals surface area contributed by atoms with Gasteiger partial charge in [-0.15, -0.1) is 0 Å². The van der Waals surface area contributed by atoms with Gasteiger partial charge in [-0.1, -0.05) is 0 Å². The van der Waals surface area contributed by atoms with Crippen molar-refractivity contribution in [2.45, 2.75) is 12.6 Å². The van der Waals surface area contributed by atoms with Crippen LogP contribution in [0, 0.1) is 5.92 Å². The van der Waals surface area contributed by atoms with Crippen LogP contribution in [-0.2, 0) is 14.3 Å². The molecule has 2 amide bonds. The summed E-state index contributed by atoms with van der Waals surface area (Å²) in [6.45, 7) is -2.72. The van der Waals surface area contributed by atoms with Gasteiger partial charge in [-0.2, -0.15) is 13.2 Å². The number of urea groups is 1.